The summed E-state index contributed by atoms with van der Waals surface area (Å²) in [6, 6.07) is 15.5. The lowest BCUT2D eigenvalue weighted by atomic mass is 9.62. The lowest BCUT2D eigenvalue weighted by molar-refractivity contribution is -0.156. The lowest BCUT2D eigenvalue weighted by Crippen LogP contribution is -2.51. The van der Waals surface area contributed by atoms with Crippen LogP contribution in [0.4, 0.5) is 4.39 Å². The van der Waals surface area contributed by atoms with Gasteiger partial charge in [-0.3, -0.25) is 4.79 Å². The second-order valence-electron chi connectivity index (χ2n) is 5.72. The predicted molar refractivity (Wildman–Crippen MR) is 80.0 cm³/mol. The molecule has 0 saturated heterocycles. The fourth-order valence-electron chi connectivity index (χ4n) is 2.93. The van der Waals surface area contributed by atoms with Crippen LogP contribution in [-0.2, 0) is 21.6 Å². The first kappa shape index (κ1) is 14.7. The minimum atomic E-state index is -0.949. The molecule has 2 aromatic rings. The summed E-state index contributed by atoms with van der Waals surface area (Å²) in [6.45, 7) is 0.477. The maximum absolute atomic E-state index is 13.0. The zero-order chi connectivity index (χ0) is 15.6. The van der Waals surface area contributed by atoms with Gasteiger partial charge in [0.1, 0.15) is 5.82 Å². The molecule has 114 valence electrons. The molecular formula is C18H17FO3. The van der Waals surface area contributed by atoms with E-state index in [0.29, 0.717) is 25.0 Å². The Morgan fingerprint density at radius 2 is 1.77 bits per heavy atom. The number of benzene rings is 2. The molecule has 0 aromatic heterocycles. The summed E-state index contributed by atoms with van der Waals surface area (Å²) < 4.78 is 18.8. The van der Waals surface area contributed by atoms with Gasteiger partial charge >= 0.3 is 5.97 Å². The average molecular weight is 300 g/mol. The molecular weight excluding hydrogens is 283 g/mol. The molecule has 1 aliphatic carbocycles. The first-order valence-electron chi connectivity index (χ1n) is 7.25. The molecule has 0 aliphatic heterocycles. The molecule has 0 heterocycles. The van der Waals surface area contributed by atoms with Crippen molar-refractivity contribution >= 4 is 5.97 Å². The Kier molecular flexibility index (Phi) is 3.94. The summed E-state index contributed by atoms with van der Waals surface area (Å²) in [7, 11) is 0. The maximum Gasteiger partial charge on any atom is 0.314 e. The van der Waals surface area contributed by atoms with E-state index in [4.69, 9.17) is 4.74 Å². The van der Waals surface area contributed by atoms with Crippen LogP contribution in [0.3, 0.4) is 0 Å². The highest BCUT2D eigenvalue weighted by Gasteiger charge is 2.52. The number of carbonyl (C=O) groups is 1. The first-order chi connectivity index (χ1) is 10.6. The molecule has 0 radical (unpaired) electrons. The molecule has 1 fully saturated rings. The highest BCUT2D eigenvalue weighted by molar-refractivity contribution is 5.83. The van der Waals surface area contributed by atoms with Crippen molar-refractivity contribution in [2.75, 3.05) is 0 Å². The van der Waals surface area contributed by atoms with E-state index in [-0.39, 0.29) is 11.9 Å². The molecule has 0 atom stereocenters. The van der Waals surface area contributed by atoms with Crippen LogP contribution in [0.25, 0.3) is 0 Å². The van der Waals surface area contributed by atoms with Gasteiger partial charge in [-0.15, -0.1) is 0 Å². The number of hydrogen-bond donors (Lipinski definition) is 1. The molecule has 4 heteroatoms. The first-order valence-corrected chi connectivity index (χ1v) is 7.25. The van der Waals surface area contributed by atoms with Gasteiger partial charge in [0.2, 0.25) is 0 Å². The number of ether oxygens (including phenoxy) is 1. The SMILES string of the molecule is O=C(O)[C@]1(c2ccc(F)cc2)C[C@@H](OCc2ccccc2)C1. The second-order valence-corrected chi connectivity index (χ2v) is 5.72. The van der Waals surface area contributed by atoms with E-state index in [0.717, 1.165) is 5.56 Å². The van der Waals surface area contributed by atoms with Crippen LogP contribution >= 0.6 is 0 Å². The minimum Gasteiger partial charge on any atom is -0.481 e. The number of aliphatic carboxylic acids is 1. The van der Waals surface area contributed by atoms with Crippen LogP contribution in [0, 0.1) is 5.82 Å². The Hall–Kier alpha value is -2.20. The molecule has 3 nitrogen and oxygen atoms in total. The van der Waals surface area contributed by atoms with Gasteiger partial charge in [0.25, 0.3) is 0 Å². The largest absolute Gasteiger partial charge is 0.481 e. The van der Waals surface area contributed by atoms with Crippen LogP contribution in [0.1, 0.15) is 24.0 Å². The lowest BCUT2D eigenvalue weighted by Gasteiger charge is -2.44. The van der Waals surface area contributed by atoms with Crippen LogP contribution in [0.2, 0.25) is 0 Å². The Bertz CT molecular complexity index is 646. The van der Waals surface area contributed by atoms with Gasteiger partial charge in [0.05, 0.1) is 18.1 Å². The van der Waals surface area contributed by atoms with E-state index in [1.807, 2.05) is 30.3 Å². The van der Waals surface area contributed by atoms with Crippen molar-refractivity contribution < 1.29 is 19.0 Å². The van der Waals surface area contributed by atoms with E-state index >= 15 is 0 Å². The summed E-state index contributed by atoms with van der Waals surface area (Å²) in [5.74, 6) is -1.24. The van der Waals surface area contributed by atoms with Gasteiger partial charge in [0, 0.05) is 0 Å². The number of hydrogen-bond acceptors (Lipinski definition) is 2. The molecule has 0 spiro atoms. The molecule has 0 bridgehead atoms. The molecule has 22 heavy (non-hydrogen) atoms. The van der Waals surface area contributed by atoms with Gasteiger partial charge in [-0.25, -0.2) is 4.39 Å². The van der Waals surface area contributed by atoms with Gasteiger partial charge in [-0.05, 0) is 36.1 Å². The molecule has 1 saturated carbocycles. The highest BCUT2D eigenvalue weighted by atomic mass is 19.1. The zero-order valence-electron chi connectivity index (χ0n) is 12.0. The second kappa shape index (κ2) is 5.89. The third-order valence-corrected chi connectivity index (χ3v) is 4.29. The minimum absolute atomic E-state index is 0.0821. The third kappa shape index (κ3) is 2.74. The van der Waals surface area contributed by atoms with Crippen molar-refractivity contribution in [1.29, 1.82) is 0 Å². The van der Waals surface area contributed by atoms with E-state index < -0.39 is 11.4 Å². The molecule has 3 rings (SSSR count). The summed E-state index contributed by atoms with van der Waals surface area (Å²) in [6.07, 6.45) is 0.753. The third-order valence-electron chi connectivity index (χ3n) is 4.29. The van der Waals surface area contributed by atoms with Crippen molar-refractivity contribution in [3.63, 3.8) is 0 Å². The fraction of sp³-hybridized carbons (Fsp3) is 0.278. The van der Waals surface area contributed by atoms with Crippen molar-refractivity contribution in [1.82, 2.24) is 0 Å². The van der Waals surface area contributed by atoms with Crippen LogP contribution in [0.5, 0.6) is 0 Å². The highest BCUT2D eigenvalue weighted by Crippen LogP contribution is 2.46. The van der Waals surface area contributed by atoms with Crippen LogP contribution in [-0.4, -0.2) is 17.2 Å². The van der Waals surface area contributed by atoms with Crippen LogP contribution in [0.15, 0.2) is 54.6 Å². The number of rotatable bonds is 5. The maximum atomic E-state index is 13.0. The normalized spacial score (nSPS) is 23.8. The Balaban J connectivity index is 1.65. The Morgan fingerprint density at radius 1 is 1.14 bits per heavy atom. The van der Waals surface area contributed by atoms with Gasteiger partial charge in [0.15, 0.2) is 0 Å². The van der Waals surface area contributed by atoms with Gasteiger partial charge in [-0.2, -0.15) is 0 Å². The summed E-state index contributed by atoms with van der Waals surface area (Å²) in [4.78, 5) is 11.7. The van der Waals surface area contributed by atoms with Crippen molar-refractivity contribution in [3.8, 4) is 0 Å². The molecule has 1 aliphatic rings. The number of carboxylic acids is 1. The zero-order valence-corrected chi connectivity index (χ0v) is 12.0. The van der Waals surface area contributed by atoms with Crippen molar-refractivity contribution in [2.45, 2.75) is 31.0 Å². The molecule has 0 unspecified atom stereocenters. The quantitative estimate of drug-likeness (QED) is 0.919. The molecule has 1 N–H and O–H groups in total. The monoisotopic (exact) mass is 300 g/mol. The Morgan fingerprint density at radius 3 is 2.36 bits per heavy atom. The standard InChI is InChI=1S/C18H17FO3/c19-15-8-6-14(7-9-15)18(17(20)21)10-16(11-18)22-12-13-4-2-1-3-5-13/h1-9,16H,10-12H2,(H,20,21)/t16-,18-. The van der Waals surface area contributed by atoms with Gasteiger partial charge in [-0.1, -0.05) is 42.5 Å². The molecule has 2 aromatic carbocycles. The summed E-state index contributed by atoms with van der Waals surface area (Å²) >= 11 is 0. The summed E-state index contributed by atoms with van der Waals surface area (Å²) in [5.41, 5.74) is 0.757. The van der Waals surface area contributed by atoms with Gasteiger partial charge < -0.3 is 9.84 Å². The number of carboxylic acid groups (broad SMARTS) is 1. The van der Waals surface area contributed by atoms with Crippen molar-refractivity contribution in [2.24, 2.45) is 0 Å². The van der Waals surface area contributed by atoms with E-state index in [1.54, 1.807) is 12.1 Å². The fourth-order valence-corrected chi connectivity index (χ4v) is 2.93. The number of halogens is 1. The Labute approximate surface area is 128 Å². The predicted octanol–water partition coefficient (Wildman–Crippen LogP) is 3.53. The van der Waals surface area contributed by atoms with Crippen LogP contribution < -0.4 is 0 Å². The van der Waals surface area contributed by atoms with E-state index in [9.17, 15) is 14.3 Å². The average Bonchev–Trinajstić information content (AvgIpc) is 2.48. The topological polar surface area (TPSA) is 46.5 Å². The molecule has 0 amide bonds. The van der Waals surface area contributed by atoms with E-state index in [1.165, 1.54) is 12.1 Å². The summed E-state index contributed by atoms with van der Waals surface area (Å²) in [5, 5.41) is 9.56. The van der Waals surface area contributed by atoms with E-state index in [2.05, 4.69) is 0 Å². The smallest absolute Gasteiger partial charge is 0.314 e. The van der Waals surface area contributed by atoms with Crippen molar-refractivity contribution in [3.05, 3.63) is 71.5 Å².